The smallest absolute Gasteiger partial charge is 0.312 e. The summed E-state index contributed by atoms with van der Waals surface area (Å²) in [4.78, 5) is 25.1. The van der Waals surface area contributed by atoms with Crippen LogP contribution >= 0.6 is 11.6 Å². The fourth-order valence-electron chi connectivity index (χ4n) is 2.32. The van der Waals surface area contributed by atoms with Gasteiger partial charge in [-0.15, -0.1) is 0 Å². The van der Waals surface area contributed by atoms with Gasteiger partial charge in [-0.1, -0.05) is 35.9 Å². The van der Waals surface area contributed by atoms with Gasteiger partial charge in [-0.05, 0) is 42.3 Å². The summed E-state index contributed by atoms with van der Waals surface area (Å²) in [5.41, 5.74) is 7.50. The third-order valence-corrected chi connectivity index (χ3v) is 3.83. The van der Waals surface area contributed by atoms with Crippen LogP contribution in [0.25, 0.3) is 0 Å². The van der Waals surface area contributed by atoms with Crippen molar-refractivity contribution in [2.45, 2.75) is 20.0 Å². The topological polar surface area (TPSA) is 75.4 Å². The lowest BCUT2D eigenvalue weighted by Gasteiger charge is -2.21. The minimum Gasteiger partial charge on any atom is -0.352 e. The zero-order valence-corrected chi connectivity index (χ0v) is 14.2. The van der Waals surface area contributed by atoms with Gasteiger partial charge in [0.1, 0.15) is 0 Å². The lowest BCUT2D eigenvalue weighted by atomic mass is 10.1. The van der Waals surface area contributed by atoms with Crippen LogP contribution in [-0.2, 0) is 13.1 Å². The summed E-state index contributed by atoms with van der Waals surface area (Å²) in [6.45, 7) is 3.37. The van der Waals surface area contributed by atoms with Crippen molar-refractivity contribution < 1.29 is 9.59 Å². The van der Waals surface area contributed by atoms with Crippen molar-refractivity contribution in [3.05, 3.63) is 70.2 Å². The molecule has 0 heterocycles. The largest absolute Gasteiger partial charge is 0.352 e. The van der Waals surface area contributed by atoms with Crippen LogP contribution in [-0.4, -0.2) is 23.4 Å². The van der Waals surface area contributed by atoms with Gasteiger partial charge in [-0.2, -0.15) is 0 Å². The van der Waals surface area contributed by atoms with Crippen molar-refractivity contribution in [2.75, 3.05) is 6.54 Å². The van der Waals surface area contributed by atoms with Crippen LogP contribution in [0.1, 0.15) is 28.4 Å². The summed E-state index contributed by atoms with van der Waals surface area (Å²) in [5.74, 6) is -0.0492. The number of nitrogens with one attached hydrogen (secondary N) is 1. The number of hydrogen-bond acceptors (Lipinski definition) is 2. The van der Waals surface area contributed by atoms with Crippen LogP contribution in [0.5, 0.6) is 0 Å². The number of amides is 3. The van der Waals surface area contributed by atoms with E-state index in [1.165, 1.54) is 0 Å². The zero-order chi connectivity index (χ0) is 17.5. The Bertz CT molecular complexity index is 716. The molecule has 0 spiro atoms. The summed E-state index contributed by atoms with van der Waals surface area (Å²) in [6, 6.07) is 14.0. The Hall–Kier alpha value is -2.53. The summed E-state index contributed by atoms with van der Waals surface area (Å²) in [7, 11) is 0. The Labute approximate surface area is 146 Å². The van der Waals surface area contributed by atoms with Crippen molar-refractivity contribution >= 4 is 23.5 Å². The van der Waals surface area contributed by atoms with Gasteiger partial charge in [0.25, 0.3) is 5.91 Å². The van der Waals surface area contributed by atoms with Gasteiger partial charge in [0.15, 0.2) is 0 Å². The molecule has 2 rings (SSSR count). The molecule has 2 aromatic carbocycles. The molecule has 0 aliphatic rings. The average Bonchev–Trinajstić information content (AvgIpc) is 2.58. The summed E-state index contributed by atoms with van der Waals surface area (Å²) in [6.07, 6.45) is 0. The van der Waals surface area contributed by atoms with Gasteiger partial charge in [-0.25, -0.2) is 4.79 Å². The van der Waals surface area contributed by atoms with Crippen molar-refractivity contribution in [1.82, 2.24) is 10.2 Å². The molecule has 3 amide bonds. The second-order valence-corrected chi connectivity index (χ2v) is 5.80. The van der Waals surface area contributed by atoms with E-state index in [0.717, 1.165) is 11.1 Å². The highest BCUT2D eigenvalue weighted by Gasteiger charge is 2.14. The molecule has 3 N–H and O–H groups in total. The minimum absolute atomic E-state index is 0.0492. The van der Waals surface area contributed by atoms with Crippen LogP contribution in [0, 0.1) is 0 Å². The SMILES string of the molecule is CCN(Cc1cccc(Cl)c1)C(=O)c1ccc(CNC(N)=O)cc1. The first-order chi connectivity index (χ1) is 11.5. The number of carbonyl (C=O) groups is 2. The minimum atomic E-state index is -0.575. The molecule has 0 unspecified atom stereocenters. The maximum absolute atomic E-state index is 12.6. The fraction of sp³-hybridized carbons (Fsp3) is 0.222. The van der Waals surface area contributed by atoms with E-state index in [9.17, 15) is 9.59 Å². The number of nitrogens with zero attached hydrogens (tertiary/aromatic N) is 1. The number of benzene rings is 2. The Morgan fingerprint density at radius 2 is 1.83 bits per heavy atom. The molecule has 6 heteroatoms. The normalized spacial score (nSPS) is 10.2. The molecule has 0 aliphatic carbocycles. The highest BCUT2D eigenvalue weighted by molar-refractivity contribution is 6.30. The van der Waals surface area contributed by atoms with Crippen LogP contribution in [0.15, 0.2) is 48.5 Å². The lowest BCUT2D eigenvalue weighted by Crippen LogP contribution is -2.30. The fourth-order valence-corrected chi connectivity index (χ4v) is 2.53. The number of halogens is 1. The van der Waals surface area contributed by atoms with Gasteiger partial charge in [0, 0.05) is 30.2 Å². The molecule has 5 nitrogen and oxygen atoms in total. The standard InChI is InChI=1S/C18H20ClN3O2/c1-2-22(12-14-4-3-5-16(19)10-14)17(23)15-8-6-13(7-9-15)11-21-18(20)24/h3-10H,2,11-12H2,1H3,(H3,20,21,24). The third kappa shape index (κ3) is 4.99. The highest BCUT2D eigenvalue weighted by Crippen LogP contribution is 2.15. The first kappa shape index (κ1) is 17.8. The summed E-state index contributed by atoms with van der Waals surface area (Å²) < 4.78 is 0. The van der Waals surface area contributed by atoms with Crippen molar-refractivity contribution in [3.63, 3.8) is 0 Å². The Kier molecular flexibility index (Phi) is 6.21. The van der Waals surface area contributed by atoms with E-state index in [-0.39, 0.29) is 5.91 Å². The van der Waals surface area contributed by atoms with Gasteiger partial charge in [0.2, 0.25) is 0 Å². The van der Waals surface area contributed by atoms with Gasteiger partial charge >= 0.3 is 6.03 Å². The molecule has 0 fully saturated rings. The van der Waals surface area contributed by atoms with E-state index in [1.807, 2.05) is 31.2 Å². The maximum Gasteiger partial charge on any atom is 0.312 e. The first-order valence-corrected chi connectivity index (χ1v) is 8.03. The van der Waals surface area contributed by atoms with Crippen molar-refractivity contribution in [3.8, 4) is 0 Å². The van der Waals surface area contributed by atoms with Crippen molar-refractivity contribution in [2.24, 2.45) is 5.73 Å². The lowest BCUT2D eigenvalue weighted by molar-refractivity contribution is 0.0752. The zero-order valence-electron chi connectivity index (χ0n) is 13.5. The third-order valence-electron chi connectivity index (χ3n) is 3.60. The van der Waals surface area contributed by atoms with E-state index < -0.39 is 6.03 Å². The molecule has 0 saturated heterocycles. The average molecular weight is 346 g/mol. The molecule has 0 bridgehead atoms. The molecule has 126 valence electrons. The second-order valence-electron chi connectivity index (χ2n) is 5.36. The van der Waals surface area contributed by atoms with E-state index >= 15 is 0 Å². The molecular weight excluding hydrogens is 326 g/mol. The highest BCUT2D eigenvalue weighted by atomic mass is 35.5. The Morgan fingerprint density at radius 1 is 1.12 bits per heavy atom. The number of urea groups is 1. The Balaban J connectivity index is 2.06. The number of primary amides is 1. The van der Waals surface area contributed by atoms with Gasteiger partial charge in [0.05, 0.1) is 0 Å². The molecule has 0 aromatic heterocycles. The van der Waals surface area contributed by atoms with Crippen LogP contribution < -0.4 is 11.1 Å². The van der Waals surface area contributed by atoms with Crippen molar-refractivity contribution in [1.29, 1.82) is 0 Å². The second kappa shape index (κ2) is 8.36. The van der Waals surface area contributed by atoms with E-state index in [2.05, 4.69) is 5.32 Å². The molecule has 24 heavy (non-hydrogen) atoms. The molecule has 0 saturated carbocycles. The molecule has 0 radical (unpaired) electrons. The summed E-state index contributed by atoms with van der Waals surface area (Å²) in [5, 5.41) is 3.17. The molecule has 0 aliphatic heterocycles. The molecule has 0 atom stereocenters. The van der Waals surface area contributed by atoms with Crippen LogP contribution in [0.2, 0.25) is 5.02 Å². The van der Waals surface area contributed by atoms with Gasteiger partial charge < -0.3 is 16.0 Å². The molecular formula is C18H20ClN3O2. The predicted octanol–water partition coefficient (Wildman–Crippen LogP) is 3.17. The predicted molar refractivity (Wildman–Crippen MR) is 94.7 cm³/mol. The van der Waals surface area contributed by atoms with Crippen LogP contribution in [0.3, 0.4) is 0 Å². The number of rotatable bonds is 6. The van der Waals surface area contributed by atoms with Gasteiger partial charge in [-0.3, -0.25) is 4.79 Å². The maximum atomic E-state index is 12.6. The van der Waals surface area contributed by atoms with Crippen LogP contribution in [0.4, 0.5) is 4.79 Å². The number of hydrogen-bond donors (Lipinski definition) is 2. The molecule has 2 aromatic rings. The van der Waals surface area contributed by atoms with E-state index in [1.54, 1.807) is 29.2 Å². The van der Waals surface area contributed by atoms with E-state index in [0.29, 0.717) is 30.2 Å². The Morgan fingerprint density at radius 3 is 2.42 bits per heavy atom. The monoisotopic (exact) mass is 345 g/mol. The van der Waals surface area contributed by atoms with E-state index in [4.69, 9.17) is 17.3 Å². The number of nitrogens with two attached hydrogens (primary N) is 1. The number of carbonyl (C=O) groups excluding carboxylic acids is 2. The first-order valence-electron chi connectivity index (χ1n) is 7.65. The summed E-state index contributed by atoms with van der Waals surface area (Å²) >= 11 is 6.00. The quantitative estimate of drug-likeness (QED) is 0.843.